The molecule has 1 aliphatic rings. The highest BCUT2D eigenvalue weighted by atomic mass is 79.9. The smallest absolute Gasteiger partial charge is 0.341 e. The van der Waals surface area contributed by atoms with Crippen LogP contribution in [0.2, 0.25) is 0 Å². The summed E-state index contributed by atoms with van der Waals surface area (Å²) in [6.07, 6.45) is 4.18. The largest absolute Gasteiger partial charge is 0.462 e. The van der Waals surface area contributed by atoms with E-state index in [-0.39, 0.29) is 23.6 Å². The molecule has 1 aromatic heterocycles. The van der Waals surface area contributed by atoms with E-state index in [0.29, 0.717) is 27.7 Å². The van der Waals surface area contributed by atoms with Gasteiger partial charge in [-0.3, -0.25) is 14.4 Å². The molecular formula is C45H44BrN3O5S2. The second-order valence-corrected chi connectivity index (χ2v) is 17.7. The van der Waals surface area contributed by atoms with Gasteiger partial charge in [0.25, 0.3) is 11.8 Å². The minimum Gasteiger partial charge on any atom is -0.462 e. The van der Waals surface area contributed by atoms with Gasteiger partial charge in [-0.15, -0.1) is 23.1 Å². The first-order valence-electron chi connectivity index (χ1n) is 18.5. The SMILES string of the molecule is CCOC(=O)c1c(NC(=O)C(Sc2cccc(NC(=O)/C(=C\c3ccc(Br)cc3)NC(=O)c3ccccc3)c2)c2ccccc2)sc2c1CCC(C(C)(C)C)C2. The van der Waals surface area contributed by atoms with Crippen molar-refractivity contribution < 1.29 is 23.9 Å². The Balaban J connectivity index is 1.25. The molecule has 3 N–H and O–H groups in total. The number of carbonyl (C=O) groups is 4. The number of ether oxygens (including phenoxy) is 1. The lowest BCUT2D eigenvalue weighted by Gasteiger charge is -2.33. The highest BCUT2D eigenvalue weighted by molar-refractivity contribution is 9.10. The molecule has 2 unspecified atom stereocenters. The number of fused-ring (bicyclic) bond motifs is 1. The van der Waals surface area contributed by atoms with Gasteiger partial charge in [-0.25, -0.2) is 4.79 Å². The van der Waals surface area contributed by atoms with Crippen LogP contribution in [-0.2, 0) is 27.2 Å². The summed E-state index contributed by atoms with van der Waals surface area (Å²) < 4.78 is 6.38. The highest BCUT2D eigenvalue weighted by Gasteiger charge is 2.35. The number of hydrogen-bond acceptors (Lipinski definition) is 7. The van der Waals surface area contributed by atoms with Crippen LogP contribution in [0.1, 0.15) is 81.6 Å². The van der Waals surface area contributed by atoms with Crippen LogP contribution in [0.15, 0.2) is 124 Å². The molecule has 0 bridgehead atoms. The molecule has 11 heteroatoms. The molecule has 8 nitrogen and oxygen atoms in total. The number of esters is 1. The van der Waals surface area contributed by atoms with Crippen molar-refractivity contribution in [3.05, 3.63) is 152 Å². The van der Waals surface area contributed by atoms with Gasteiger partial charge in [-0.2, -0.15) is 0 Å². The summed E-state index contributed by atoms with van der Waals surface area (Å²) in [6.45, 7) is 8.76. The van der Waals surface area contributed by atoms with Crippen molar-refractivity contribution in [2.45, 2.75) is 57.1 Å². The molecule has 0 spiro atoms. The molecule has 4 aromatic carbocycles. The third-order valence-corrected chi connectivity index (χ3v) is 12.5. The van der Waals surface area contributed by atoms with Gasteiger partial charge in [0.1, 0.15) is 15.9 Å². The second-order valence-electron chi connectivity index (χ2n) is 14.5. The predicted octanol–water partition coefficient (Wildman–Crippen LogP) is 10.7. The van der Waals surface area contributed by atoms with Crippen molar-refractivity contribution in [1.29, 1.82) is 0 Å². The third-order valence-electron chi connectivity index (χ3n) is 9.60. The summed E-state index contributed by atoms with van der Waals surface area (Å²) in [7, 11) is 0. The topological polar surface area (TPSA) is 114 Å². The van der Waals surface area contributed by atoms with Crippen LogP contribution in [-0.4, -0.2) is 30.3 Å². The van der Waals surface area contributed by atoms with Crippen molar-refractivity contribution in [3.63, 3.8) is 0 Å². The number of hydrogen-bond donors (Lipinski definition) is 3. The van der Waals surface area contributed by atoms with E-state index in [2.05, 4.69) is 52.7 Å². The van der Waals surface area contributed by atoms with Gasteiger partial charge in [0.05, 0.1) is 12.2 Å². The fourth-order valence-electron chi connectivity index (χ4n) is 6.56. The van der Waals surface area contributed by atoms with Gasteiger partial charge < -0.3 is 20.7 Å². The van der Waals surface area contributed by atoms with Crippen molar-refractivity contribution in [1.82, 2.24) is 5.32 Å². The van der Waals surface area contributed by atoms with E-state index < -0.39 is 23.0 Å². The highest BCUT2D eigenvalue weighted by Crippen LogP contribution is 2.45. The van der Waals surface area contributed by atoms with E-state index in [0.717, 1.165) is 50.2 Å². The first-order valence-corrected chi connectivity index (χ1v) is 21.0. The van der Waals surface area contributed by atoms with Gasteiger partial charge in [0.2, 0.25) is 5.91 Å². The number of anilines is 2. The lowest BCUT2D eigenvalue weighted by molar-refractivity contribution is -0.116. The Morgan fingerprint density at radius 1 is 0.911 bits per heavy atom. The minimum atomic E-state index is -0.698. The van der Waals surface area contributed by atoms with Crippen molar-refractivity contribution in [2.75, 3.05) is 17.2 Å². The molecule has 0 fully saturated rings. The molecule has 0 saturated carbocycles. The fourth-order valence-corrected chi connectivity index (χ4v) is 9.23. The Labute approximate surface area is 344 Å². The van der Waals surface area contributed by atoms with E-state index in [1.807, 2.05) is 66.7 Å². The lowest BCUT2D eigenvalue weighted by atomic mass is 9.72. The van der Waals surface area contributed by atoms with Crippen LogP contribution in [0.5, 0.6) is 0 Å². The van der Waals surface area contributed by atoms with Gasteiger partial charge in [0.15, 0.2) is 0 Å². The van der Waals surface area contributed by atoms with Gasteiger partial charge in [-0.1, -0.05) is 103 Å². The summed E-state index contributed by atoms with van der Waals surface area (Å²) in [5.74, 6) is -1.18. The quantitative estimate of drug-likeness (QED) is 0.0655. The fraction of sp³-hybridized carbons (Fsp3) is 0.244. The first-order chi connectivity index (χ1) is 26.9. The van der Waals surface area contributed by atoms with Crippen LogP contribution >= 0.6 is 39.0 Å². The van der Waals surface area contributed by atoms with Crippen molar-refractivity contribution in [3.8, 4) is 0 Å². The van der Waals surface area contributed by atoms with Crippen molar-refractivity contribution >= 4 is 79.5 Å². The van der Waals surface area contributed by atoms with Gasteiger partial charge in [-0.05, 0) is 103 Å². The summed E-state index contributed by atoms with van der Waals surface area (Å²) in [4.78, 5) is 56.5. The molecule has 2 atom stereocenters. The Bertz CT molecular complexity index is 2230. The number of thiophene rings is 1. The second kappa shape index (κ2) is 18.3. The van der Waals surface area contributed by atoms with E-state index in [9.17, 15) is 19.2 Å². The van der Waals surface area contributed by atoms with Crippen molar-refractivity contribution in [2.24, 2.45) is 11.3 Å². The van der Waals surface area contributed by atoms with Crippen LogP contribution in [0.4, 0.5) is 10.7 Å². The Morgan fingerprint density at radius 2 is 1.61 bits per heavy atom. The zero-order chi connectivity index (χ0) is 39.8. The van der Waals surface area contributed by atoms with E-state index in [1.165, 1.54) is 23.1 Å². The maximum Gasteiger partial charge on any atom is 0.341 e. The number of rotatable bonds is 12. The normalized spacial score (nSPS) is 14.6. The lowest BCUT2D eigenvalue weighted by Crippen LogP contribution is -2.30. The average Bonchev–Trinajstić information content (AvgIpc) is 3.55. The summed E-state index contributed by atoms with van der Waals surface area (Å²) in [5.41, 5.74) is 4.00. The molecule has 3 amide bonds. The van der Waals surface area contributed by atoms with Crippen LogP contribution in [0.3, 0.4) is 0 Å². The Morgan fingerprint density at radius 3 is 2.29 bits per heavy atom. The maximum atomic E-state index is 14.4. The molecule has 6 rings (SSSR count). The zero-order valence-electron chi connectivity index (χ0n) is 31.7. The third kappa shape index (κ3) is 10.3. The molecule has 5 aromatic rings. The minimum absolute atomic E-state index is 0.0608. The summed E-state index contributed by atoms with van der Waals surface area (Å²) in [5, 5.41) is 8.66. The molecule has 56 heavy (non-hydrogen) atoms. The van der Waals surface area contributed by atoms with Crippen LogP contribution < -0.4 is 16.0 Å². The Hall–Kier alpha value is -4.97. The molecular weight excluding hydrogens is 807 g/mol. The predicted molar refractivity (Wildman–Crippen MR) is 230 cm³/mol. The maximum absolute atomic E-state index is 14.4. The number of carbonyl (C=O) groups excluding carboxylic acids is 4. The standard InChI is InChI=1S/C45H44BrN3O5S2/c1-5-54-44(53)38-35-24-21-31(45(2,3)4)26-37(35)56-43(38)49-42(52)39(29-13-8-6-9-14-29)55-34-18-12-17-33(27-34)47-41(51)36(25-28-19-22-32(46)23-20-28)48-40(50)30-15-10-7-11-16-30/h6-20,22-23,25,27,31,39H,5,21,24,26H2,1-4H3,(H,47,51)(H,48,50)(H,49,52)/b36-25+. The van der Waals surface area contributed by atoms with E-state index in [1.54, 1.807) is 55.5 Å². The monoisotopic (exact) mass is 849 g/mol. The summed E-state index contributed by atoms with van der Waals surface area (Å²) >= 11 is 6.24. The molecule has 0 radical (unpaired) electrons. The van der Waals surface area contributed by atoms with Gasteiger partial charge >= 0.3 is 5.97 Å². The number of amides is 3. The number of benzene rings is 4. The molecule has 1 aliphatic carbocycles. The molecule has 0 saturated heterocycles. The molecule has 0 aliphatic heterocycles. The van der Waals surface area contributed by atoms with E-state index in [4.69, 9.17) is 4.74 Å². The molecule has 288 valence electrons. The van der Waals surface area contributed by atoms with E-state index >= 15 is 0 Å². The number of halogens is 1. The molecule has 1 heterocycles. The van der Waals surface area contributed by atoms with Crippen LogP contribution in [0.25, 0.3) is 6.08 Å². The number of nitrogens with one attached hydrogen (secondary N) is 3. The van der Waals surface area contributed by atoms with Gasteiger partial charge in [0, 0.05) is 25.5 Å². The van der Waals surface area contributed by atoms with Crippen LogP contribution in [0, 0.1) is 11.3 Å². The Kier molecular flexibility index (Phi) is 13.3. The average molecular weight is 851 g/mol. The first kappa shape index (κ1) is 40.7. The summed E-state index contributed by atoms with van der Waals surface area (Å²) in [6, 6.07) is 32.8. The number of thioether (sulfide) groups is 1. The zero-order valence-corrected chi connectivity index (χ0v) is 34.9.